The predicted octanol–water partition coefficient (Wildman–Crippen LogP) is 4.03. The fourth-order valence-corrected chi connectivity index (χ4v) is 3.10. The SMILES string of the molecule is CCCC1CN=C(Nc2cc(OC)ccc2Cl)S1. The fraction of sp³-hybridized carbons (Fsp3) is 0.462. The summed E-state index contributed by atoms with van der Waals surface area (Å²) in [4.78, 5) is 4.50. The van der Waals surface area contributed by atoms with Gasteiger partial charge in [0, 0.05) is 11.3 Å². The lowest BCUT2D eigenvalue weighted by Gasteiger charge is -2.10. The van der Waals surface area contributed by atoms with Gasteiger partial charge in [-0.3, -0.25) is 4.99 Å². The summed E-state index contributed by atoms with van der Waals surface area (Å²) in [5.41, 5.74) is 0.847. The van der Waals surface area contributed by atoms with Crippen LogP contribution in [0.2, 0.25) is 5.02 Å². The van der Waals surface area contributed by atoms with Crippen molar-refractivity contribution in [3.63, 3.8) is 0 Å². The van der Waals surface area contributed by atoms with Crippen LogP contribution in [-0.4, -0.2) is 24.1 Å². The quantitative estimate of drug-likeness (QED) is 0.906. The van der Waals surface area contributed by atoms with E-state index in [1.165, 1.54) is 12.8 Å². The van der Waals surface area contributed by atoms with Crippen molar-refractivity contribution in [1.29, 1.82) is 0 Å². The third-order valence-electron chi connectivity index (χ3n) is 2.74. The Balaban J connectivity index is 2.02. The Kier molecular flexibility index (Phi) is 4.78. The fourth-order valence-electron chi connectivity index (χ4n) is 1.80. The molecule has 3 nitrogen and oxygen atoms in total. The van der Waals surface area contributed by atoms with Gasteiger partial charge in [-0.25, -0.2) is 0 Å². The maximum absolute atomic E-state index is 6.15. The van der Waals surface area contributed by atoms with Crippen LogP contribution in [0.4, 0.5) is 5.69 Å². The minimum atomic E-state index is 0.599. The largest absolute Gasteiger partial charge is 0.497 e. The van der Waals surface area contributed by atoms with E-state index in [1.54, 1.807) is 18.9 Å². The highest BCUT2D eigenvalue weighted by atomic mass is 35.5. The summed E-state index contributed by atoms with van der Waals surface area (Å²) in [6.07, 6.45) is 2.39. The standard InChI is InChI=1S/C13H17ClN2OS/c1-3-4-10-8-15-13(18-10)16-12-7-9(17-2)5-6-11(12)14/h5-7,10H,3-4,8H2,1-2H3,(H,15,16). The first-order valence-corrected chi connectivity index (χ1v) is 7.30. The van der Waals surface area contributed by atoms with E-state index in [2.05, 4.69) is 17.2 Å². The van der Waals surface area contributed by atoms with Crippen LogP contribution in [0.15, 0.2) is 23.2 Å². The molecule has 0 aromatic heterocycles. The molecule has 18 heavy (non-hydrogen) atoms. The van der Waals surface area contributed by atoms with Gasteiger partial charge in [0.15, 0.2) is 5.17 Å². The summed E-state index contributed by atoms with van der Waals surface area (Å²) in [7, 11) is 1.64. The number of halogens is 1. The Morgan fingerprint density at radius 3 is 3.11 bits per heavy atom. The molecule has 0 saturated heterocycles. The molecule has 2 rings (SSSR count). The summed E-state index contributed by atoms with van der Waals surface area (Å²) >= 11 is 7.94. The molecular formula is C13H17ClN2OS. The van der Waals surface area contributed by atoms with Crippen molar-refractivity contribution in [2.75, 3.05) is 19.0 Å². The number of aliphatic imine (C=N–C) groups is 1. The molecule has 1 N–H and O–H groups in total. The lowest BCUT2D eigenvalue weighted by Crippen LogP contribution is -2.07. The first-order chi connectivity index (χ1) is 8.72. The predicted molar refractivity (Wildman–Crippen MR) is 80.2 cm³/mol. The van der Waals surface area contributed by atoms with E-state index in [0.717, 1.165) is 23.1 Å². The Labute approximate surface area is 117 Å². The maximum Gasteiger partial charge on any atom is 0.161 e. The summed E-state index contributed by atoms with van der Waals surface area (Å²) in [6.45, 7) is 3.09. The van der Waals surface area contributed by atoms with Gasteiger partial charge < -0.3 is 10.1 Å². The first-order valence-electron chi connectivity index (χ1n) is 6.04. The summed E-state index contributed by atoms with van der Waals surface area (Å²) in [5.74, 6) is 0.788. The highest BCUT2D eigenvalue weighted by Gasteiger charge is 2.19. The van der Waals surface area contributed by atoms with Crippen molar-refractivity contribution in [2.24, 2.45) is 4.99 Å². The Bertz CT molecular complexity index is 451. The zero-order valence-electron chi connectivity index (χ0n) is 10.6. The molecule has 0 radical (unpaired) electrons. The minimum absolute atomic E-state index is 0.599. The molecule has 0 bridgehead atoms. The van der Waals surface area contributed by atoms with E-state index in [4.69, 9.17) is 16.3 Å². The van der Waals surface area contributed by atoms with Gasteiger partial charge in [0.25, 0.3) is 0 Å². The average molecular weight is 285 g/mol. The number of anilines is 1. The summed E-state index contributed by atoms with van der Waals surface area (Å²) in [6, 6.07) is 5.56. The summed E-state index contributed by atoms with van der Waals surface area (Å²) in [5, 5.41) is 5.50. The number of ether oxygens (including phenoxy) is 1. The Morgan fingerprint density at radius 2 is 2.39 bits per heavy atom. The van der Waals surface area contributed by atoms with Gasteiger partial charge in [-0.05, 0) is 18.6 Å². The van der Waals surface area contributed by atoms with E-state index >= 15 is 0 Å². The van der Waals surface area contributed by atoms with Gasteiger partial charge in [0.05, 0.1) is 24.4 Å². The average Bonchev–Trinajstić information content (AvgIpc) is 2.80. The maximum atomic E-state index is 6.15. The van der Waals surface area contributed by atoms with Crippen LogP contribution >= 0.6 is 23.4 Å². The molecule has 1 heterocycles. The second-order valence-electron chi connectivity index (χ2n) is 4.15. The second kappa shape index (κ2) is 6.34. The van der Waals surface area contributed by atoms with Gasteiger partial charge in [0.2, 0.25) is 0 Å². The normalized spacial score (nSPS) is 18.6. The van der Waals surface area contributed by atoms with Crippen LogP contribution < -0.4 is 10.1 Å². The topological polar surface area (TPSA) is 33.6 Å². The minimum Gasteiger partial charge on any atom is -0.497 e. The molecule has 98 valence electrons. The highest BCUT2D eigenvalue weighted by molar-refractivity contribution is 8.15. The van der Waals surface area contributed by atoms with Gasteiger partial charge >= 0.3 is 0 Å². The van der Waals surface area contributed by atoms with Crippen LogP contribution in [0.5, 0.6) is 5.75 Å². The third-order valence-corrected chi connectivity index (χ3v) is 4.24. The molecule has 0 spiro atoms. The summed E-state index contributed by atoms with van der Waals surface area (Å²) < 4.78 is 5.19. The number of hydrogen-bond acceptors (Lipinski definition) is 4. The number of hydrogen-bond donors (Lipinski definition) is 1. The Hall–Kier alpha value is -0.870. The highest BCUT2D eigenvalue weighted by Crippen LogP contribution is 2.30. The van der Waals surface area contributed by atoms with Crippen LogP contribution in [0.25, 0.3) is 0 Å². The molecule has 1 aromatic carbocycles. The number of benzene rings is 1. The van der Waals surface area contributed by atoms with Crippen molar-refractivity contribution < 1.29 is 4.74 Å². The number of amidine groups is 1. The molecule has 0 fully saturated rings. The molecule has 1 aliphatic heterocycles. The van der Waals surface area contributed by atoms with E-state index in [0.29, 0.717) is 10.3 Å². The molecule has 0 amide bonds. The van der Waals surface area contributed by atoms with Gasteiger partial charge in [-0.2, -0.15) is 0 Å². The van der Waals surface area contributed by atoms with Crippen LogP contribution in [0, 0.1) is 0 Å². The van der Waals surface area contributed by atoms with E-state index in [9.17, 15) is 0 Å². The van der Waals surface area contributed by atoms with Crippen LogP contribution in [0.1, 0.15) is 19.8 Å². The number of nitrogens with zero attached hydrogens (tertiary/aromatic N) is 1. The number of nitrogens with one attached hydrogen (secondary N) is 1. The smallest absolute Gasteiger partial charge is 0.161 e. The zero-order chi connectivity index (χ0) is 13.0. The van der Waals surface area contributed by atoms with Crippen LogP contribution in [-0.2, 0) is 0 Å². The molecule has 1 aromatic rings. The van der Waals surface area contributed by atoms with Crippen molar-refractivity contribution in [2.45, 2.75) is 25.0 Å². The zero-order valence-corrected chi connectivity index (χ0v) is 12.1. The van der Waals surface area contributed by atoms with Crippen molar-refractivity contribution in [1.82, 2.24) is 0 Å². The van der Waals surface area contributed by atoms with E-state index in [1.807, 2.05) is 18.2 Å². The third kappa shape index (κ3) is 3.33. The first kappa shape index (κ1) is 13.6. The molecule has 1 unspecified atom stereocenters. The van der Waals surface area contributed by atoms with Gasteiger partial charge in [-0.15, -0.1) is 0 Å². The van der Waals surface area contributed by atoms with Crippen molar-refractivity contribution in [3.8, 4) is 5.75 Å². The lowest BCUT2D eigenvalue weighted by atomic mass is 10.2. The Morgan fingerprint density at radius 1 is 1.56 bits per heavy atom. The molecule has 0 saturated carbocycles. The van der Waals surface area contributed by atoms with Gasteiger partial charge in [0.1, 0.15) is 5.75 Å². The van der Waals surface area contributed by atoms with Crippen LogP contribution in [0.3, 0.4) is 0 Å². The lowest BCUT2D eigenvalue weighted by molar-refractivity contribution is 0.415. The van der Waals surface area contributed by atoms with Crippen molar-refractivity contribution in [3.05, 3.63) is 23.2 Å². The monoisotopic (exact) mass is 284 g/mol. The van der Waals surface area contributed by atoms with Crippen molar-refractivity contribution >= 4 is 34.2 Å². The molecular weight excluding hydrogens is 268 g/mol. The van der Waals surface area contributed by atoms with E-state index < -0.39 is 0 Å². The van der Waals surface area contributed by atoms with E-state index in [-0.39, 0.29) is 0 Å². The molecule has 0 aliphatic carbocycles. The molecule has 1 atom stereocenters. The number of thioether (sulfide) groups is 1. The number of methoxy groups -OCH3 is 1. The molecule has 5 heteroatoms. The second-order valence-corrected chi connectivity index (χ2v) is 5.84. The molecule has 1 aliphatic rings. The van der Waals surface area contributed by atoms with Gasteiger partial charge in [-0.1, -0.05) is 36.7 Å². The number of rotatable bonds is 4.